The molecular formula is C16H15F2N3. The summed E-state index contributed by atoms with van der Waals surface area (Å²) in [7, 11) is 1.85. The van der Waals surface area contributed by atoms with Gasteiger partial charge in [0.1, 0.15) is 11.6 Å². The monoisotopic (exact) mass is 287 g/mol. The molecule has 0 aliphatic rings. The fraction of sp³-hybridized carbons (Fsp3) is 0.188. The van der Waals surface area contributed by atoms with Gasteiger partial charge < -0.3 is 5.32 Å². The normalized spacial score (nSPS) is 11.2. The molecule has 0 saturated carbocycles. The van der Waals surface area contributed by atoms with E-state index in [0.29, 0.717) is 12.1 Å². The molecule has 0 amide bonds. The van der Waals surface area contributed by atoms with Crippen molar-refractivity contribution in [3.63, 3.8) is 0 Å². The van der Waals surface area contributed by atoms with Crippen LogP contribution in [0.2, 0.25) is 0 Å². The van der Waals surface area contributed by atoms with Crippen LogP contribution in [0.15, 0.2) is 42.5 Å². The first-order valence-electron chi connectivity index (χ1n) is 6.72. The molecule has 0 aliphatic carbocycles. The summed E-state index contributed by atoms with van der Waals surface area (Å²) in [5.41, 5.74) is 2.09. The lowest BCUT2D eigenvalue weighted by atomic mass is 10.2. The third kappa shape index (κ3) is 2.64. The molecule has 0 fully saturated rings. The SMILES string of the molecule is CNCc1nn(Cc2cc(F)ccc2F)c2ccccc12. The van der Waals surface area contributed by atoms with Crippen LogP contribution < -0.4 is 5.32 Å². The lowest BCUT2D eigenvalue weighted by Gasteiger charge is -2.05. The lowest BCUT2D eigenvalue weighted by molar-refractivity contribution is 0.568. The van der Waals surface area contributed by atoms with E-state index in [1.54, 1.807) is 4.68 Å². The quantitative estimate of drug-likeness (QED) is 0.799. The predicted octanol–water partition coefficient (Wildman–Crippen LogP) is 3.08. The summed E-state index contributed by atoms with van der Waals surface area (Å²) in [6, 6.07) is 11.2. The van der Waals surface area contributed by atoms with Gasteiger partial charge >= 0.3 is 0 Å². The molecule has 0 bridgehead atoms. The minimum atomic E-state index is -0.446. The van der Waals surface area contributed by atoms with Crippen molar-refractivity contribution in [2.75, 3.05) is 7.05 Å². The van der Waals surface area contributed by atoms with E-state index >= 15 is 0 Å². The van der Waals surface area contributed by atoms with Gasteiger partial charge in [-0.2, -0.15) is 5.10 Å². The topological polar surface area (TPSA) is 29.9 Å². The Hall–Kier alpha value is -2.27. The van der Waals surface area contributed by atoms with Crippen molar-refractivity contribution in [2.24, 2.45) is 0 Å². The smallest absolute Gasteiger partial charge is 0.128 e. The molecule has 1 aromatic heterocycles. The molecule has 1 heterocycles. The van der Waals surface area contributed by atoms with Crippen LogP contribution in [0.5, 0.6) is 0 Å². The van der Waals surface area contributed by atoms with Crippen LogP contribution in [0.25, 0.3) is 10.9 Å². The minimum absolute atomic E-state index is 0.202. The van der Waals surface area contributed by atoms with Crippen molar-refractivity contribution in [3.8, 4) is 0 Å². The van der Waals surface area contributed by atoms with E-state index in [1.165, 1.54) is 6.07 Å². The van der Waals surface area contributed by atoms with E-state index in [4.69, 9.17) is 0 Å². The summed E-state index contributed by atoms with van der Waals surface area (Å²) in [6.45, 7) is 0.826. The molecule has 0 spiro atoms. The highest BCUT2D eigenvalue weighted by Crippen LogP contribution is 2.20. The zero-order valence-corrected chi connectivity index (χ0v) is 11.6. The summed E-state index contributed by atoms with van der Waals surface area (Å²) in [5.74, 6) is -0.871. The molecule has 0 saturated heterocycles. The van der Waals surface area contributed by atoms with Crippen molar-refractivity contribution < 1.29 is 8.78 Å². The second kappa shape index (κ2) is 5.61. The van der Waals surface area contributed by atoms with Gasteiger partial charge in [-0.3, -0.25) is 4.68 Å². The molecule has 0 radical (unpaired) electrons. The van der Waals surface area contributed by atoms with Gasteiger partial charge in [-0.15, -0.1) is 0 Å². The van der Waals surface area contributed by atoms with Gasteiger partial charge in [-0.25, -0.2) is 8.78 Å². The molecule has 0 unspecified atom stereocenters. The maximum atomic E-state index is 13.8. The highest BCUT2D eigenvalue weighted by atomic mass is 19.1. The van der Waals surface area contributed by atoms with Gasteiger partial charge in [0.15, 0.2) is 0 Å². The van der Waals surface area contributed by atoms with Gasteiger partial charge in [0, 0.05) is 17.5 Å². The van der Waals surface area contributed by atoms with Crippen LogP contribution in [-0.2, 0) is 13.1 Å². The Bertz CT molecular complexity index is 780. The van der Waals surface area contributed by atoms with Crippen LogP contribution in [0, 0.1) is 11.6 Å². The first-order valence-corrected chi connectivity index (χ1v) is 6.72. The third-order valence-corrected chi connectivity index (χ3v) is 3.41. The van der Waals surface area contributed by atoms with E-state index in [-0.39, 0.29) is 6.54 Å². The zero-order valence-electron chi connectivity index (χ0n) is 11.6. The number of benzene rings is 2. The summed E-state index contributed by atoms with van der Waals surface area (Å²) in [5, 5.41) is 8.59. The molecule has 5 heteroatoms. The Balaban J connectivity index is 2.06. The zero-order chi connectivity index (χ0) is 14.8. The summed E-state index contributed by atoms with van der Waals surface area (Å²) < 4.78 is 28.8. The number of nitrogens with one attached hydrogen (secondary N) is 1. The molecule has 0 atom stereocenters. The highest BCUT2D eigenvalue weighted by Gasteiger charge is 2.12. The van der Waals surface area contributed by atoms with Gasteiger partial charge in [0.25, 0.3) is 0 Å². The van der Waals surface area contributed by atoms with E-state index in [1.807, 2.05) is 31.3 Å². The van der Waals surface area contributed by atoms with E-state index in [9.17, 15) is 8.78 Å². The summed E-state index contributed by atoms with van der Waals surface area (Å²) in [4.78, 5) is 0. The van der Waals surface area contributed by atoms with Crippen molar-refractivity contribution in [1.29, 1.82) is 0 Å². The van der Waals surface area contributed by atoms with E-state index in [2.05, 4.69) is 10.4 Å². The molecule has 3 rings (SSSR count). The molecule has 21 heavy (non-hydrogen) atoms. The fourth-order valence-corrected chi connectivity index (χ4v) is 2.44. The van der Waals surface area contributed by atoms with Gasteiger partial charge in [0.05, 0.1) is 17.8 Å². The standard InChI is InChI=1S/C16H15F2N3/c1-19-9-15-13-4-2-3-5-16(13)21(20-15)10-11-8-12(17)6-7-14(11)18/h2-8,19H,9-10H2,1H3. The first-order chi connectivity index (χ1) is 10.2. The van der Waals surface area contributed by atoms with Gasteiger partial charge in [0.2, 0.25) is 0 Å². The summed E-state index contributed by atoms with van der Waals surface area (Å²) in [6.07, 6.45) is 0. The Morgan fingerprint density at radius 2 is 1.95 bits per heavy atom. The van der Waals surface area contributed by atoms with Crippen molar-refractivity contribution in [2.45, 2.75) is 13.1 Å². The predicted molar refractivity (Wildman–Crippen MR) is 78.0 cm³/mol. The molecule has 108 valence electrons. The fourth-order valence-electron chi connectivity index (χ4n) is 2.44. The number of nitrogens with zero attached hydrogens (tertiary/aromatic N) is 2. The van der Waals surface area contributed by atoms with Crippen LogP contribution in [0.1, 0.15) is 11.3 Å². The van der Waals surface area contributed by atoms with Crippen molar-refractivity contribution in [3.05, 3.63) is 65.4 Å². The maximum absolute atomic E-state index is 13.8. The van der Waals surface area contributed by atoms with Crippen LogP contribution in [-0.4, -0.2) is 16.8 Å². The van der Waals surface area contributed by atoms with Crippen molar-refractivity contribution >= 4 is 10.9 Å². The Morgan fingerprint density at radius 1 is 1.14 bits per heavy atom. The number of halogens is 2. The summed E-state index contributed by atoms with van der Waals surface area (Å²) >= 11 is 0. The molecule has 3 aromatic rings. The number of aromatic nitrogens is 2. The first kappa shape index (κ1) is 13.7. The van der Waals surface area contributed by atoms with Crippen molar-refractivity contribution in [1.82, 2.24) is 15.1 Å². The highest BCUT2D eigenvalue weighted by molar-refractivity contribution is 5.82. The largest absolute Gasteiger partial charge is 0.314 e. The maximum Gasteiger partial charge on any atom is 0.128 e. The minimum Gasteiger partial charge on any atom is -0.314 e. The lowest BCUT2D eigenvalue weighted by Crippen LogP contribution is -2.08. The third-order valence-electron chi connectivity index (χ3n) is 3.41. The number of rotatable bonds is 4. The average Bonchev–Trinajstić information content (AvgIpc) is 2.82. The van der Waals surface area contributed by atoms with Crippen LogP contribution >= 0.6 is 0 Å². The number of fused-ring (bicyclic) bond motifs is 1. The molecule has 2 aromatic carbocycles. The van der Waals surface area contributed by atoms with Crippen LogP contribution in [0.3, 0.4) is 0 Å². The number of hydrogen-bond donors (Lipinski definition) is 1. The number of hydrogen-bond acceptors (Lipinski definition) is 2. The molecule has 0 aliphatic heterocycles. The van der Waals surface area contributed by atoms with Crippen LogP contribution in [0.4, 0.5) is 8.78 Å². The van der Waals surface area contributed by atoms with Gasteiger partial charge in [-0.05, 0) is 31.3 Å². The van der Waals surface area contributed by atoms with E-state index in [0.717, 1.165) is 28.7 Å². The Morgan fingerprint density at radius 3 is 2.76 bits per heavy atom. The number of para-hydroxylation sites is 1. The molecular weight excluding hydrogens is 272 g/mol. The molecule has 1 N–H and O–H groups in total. The Labute approximate surface area is 121 Å². The second-order valence-corrected chi connectivity index (χ2v) is 4.89. The van der Waals surface area contributed by atoms with E-state index < -0.39 is 11.6 Å². The van der Waals surface area contributed by atoms with Gasteiger partial charge in [-0.1, -0.05) is 18.2 Å². The molecule has 3 nitrogen and oxygen atoms in total. The second-order valence-electron chi connectivity index (χ2n) is 4.89. The Kier molecular flexibility index (Phi) is 3.66. The average molecular weight is 287 g/mol.